The topological polar surface area (TPSA) is 58.6 Å². The SMILES string of the molecule is CCNC(=NCC(C1CCOC1)N1CCOCC1)N1CCC(COC)C1.I. The van der Waals surface area contributed by atoms with Gasteiger partial charge in [0, 0.05) is 64.3 Å². The number of likely N-dealkylation sites (tertiary alicyclic amines) is 1. The molecule has 0 aliphatic carbocycles. The minimum Gasteiger partial charge on any atom is -0.384 e. The number of hydrogen-bond acceptors (Lipinski definition) is 5. The van der Waals surface area contributed by atoms with Crippen LogP contribution in [-0.2, 0) is 14.2 Å². The minimum atomic E-state index is 0. The van der Waals surface area contributed by atoms with Crippen molar-refractivity contribution < 1.29 is 14.2 Å². The molecular weight excluding hydrogens is 459 g/mol. The third-order valence-corrected chi connectivity index (χ3v) is 5.77. The Kier molecular flexibility index (Phi) is 10.6. The van der Waals surface area contributed by atoms with E-state index in [0.29, 0.717) is 17.9 Å². The number of nitrogens with one attached hydrogen (secondary N) is 1. The Bertz CT molecular complexity index is 443. The molecule has 0 aromatic carbocycles. The lowest BCUT2D eigenvalue weighted by atomic mass is 9.97. The van der Waals surface area contributed by atoms with Crippen molar-refractivity contribution in [2.24, 2.45) is 16.8 Å². The van der Waals surface area contributed by atoms with Gasteiger partial charge < -0.3 is 24.4 Å². The van der Waals surface area contributed by atoms with Crippen LogP contribution in [0.25, 0.3) is 0 Å². The van der Waals surface area contributed by atoms with Gasteiger partial charge in [-0.25, -0.2) is 0 Å². The average Bonchev–Trinajstić information content (AvgIpc) is 3.35. The fourth-order valence-electron chi connectivity index (χ4n) is 4.33. The van der Waals surface area contributed by atoms with Gasteiger partial charge in [-0.2, -0.15) is 0 Å². The van der Waals surface area contributed by atoms with Gasteiger partial charge in [-0.1, -0.05) is 0 Å². The predicted octanol–water partition coefficient (Wildman–Crippen LogP) is 1.28. The van der Waals surface area contributed by atoms with E-state index in [0.717, 1.165) is 84.7 Å². The van der Waals surface area contributed by atoms with Gasteiger partial charge in [0.2, 0.25) is 0 Å². The van der Waals surface area contributed by atoms with Gasteiger partial charge in [0.15, 0.2) is 5.96 Å². The predicted molar refractivity (Wildman–Crippen MR) is 118 cm³/mol. The Balaban J connectivity index is 0.00000261. The van der Waals surface area contributed by atoms with E-state index in [1.54, 1.807) is 7.11 Å². The van der Waals surface area contributed by atoms with Gasteiger partial charge in [-0.15, -0.1) is 24.0 Å². The number of nitrogens with zero attached hydrogens (tertiary/aromatic N) is 3. The van der Waals surface area contributed by atoms with Crippen molar-refractivity contribution >= 4 is 29.9 Å². The fraction of sp³-hybridized carbons (Fsp3) is 0.947. The number of guanidine groups is 1. The second kappa shape index (κ2) is 12.4. The van der Waals surface area contributed by atoms with E-state index in [2.05, 4.69) is 22.0 Å². The highest BCUT2D eigenvalue weighted by atomic mass is 127. The van der Waals surface area contributed by atoms with E-state index < -0.39 is 0 Å². The maximum atomic E-state index is 5.68. The van der Waals surface area contributed by atoms with E-state index in [-0.39, 0.29) is 24.0 Å². The molecule has 3 rings (SSSR count). The quantitative estimate of drug-likeness (QED) is 0.326. The van der Waals surface area contributed by atoms with Crippen molar-refractivity contribution in [3.8, 4) is 0 Å². The first kappa shape index (κ1) is 23.1. The van der Waals surface area contributed by atoms with Crippen molar-refractivity contribution in [1.29, 1.82) is 0 Å². The van der Waals surface area contributed by atoms with Crippen molar-refractivity contribution in [2.75, 3.05) is 79.4 Å². The molecule has 3 atom stereocenters. The smallest absolute Gasteiger partial charge is 0.193 e. The Morgan fingerprint density at radius 3 is 2.67 bits per heavy atom. The molecule has 3 aliphatic rings. The van der Waals surface area contributed by atoms with Crippen molar-refractivity contribution in [3.63, 3.8) is 0 Å². The molecule has 0 aromatic heterocycles. The van der Waals surface area contributed by atoms with Crippen LogP contribution in [0.2, 0.25) is 0 Å². The Morgan fingerprint density at radius 1 is 1.19 bits per heavy atom. The highest BCUT2D eigenvalue weighted by Gasteiger charge is 2.32. The maximum Gasteiger partial charge on any atom is 0.193 e. The molecule has 0 spiro atoms. The molecule has 1 N–H and O–H groups in total. The second-order valence-electron chi connectivity index (χ2n) is 7.59. The standard InChI is InChI=1S/C19H36N4O3.HI/c1-3-20-19(23-6-4-16(13-23)14-24-2)21-12-18(17-5-9-26-15-17)22-7-10-25-11-8-22;/h16-18H,3-15H2,1-2H3,(H,20,21);1H. The molecule has 3 heterocycles. The van der Waals surface area contributed by atoms with Crippen LogP contribution < -0.4 is 5.32 Å². The van der Waals surface area contributed by atoms with Crippen LogP contribution in [0.15, 0.2) is 4.99 Å². The summed E-state index contributed by atoms with van der Waals surface area (Å²) < 4.78 is 16.6. The largest absolute Gasteiger partial charge is 0.384 e. The van der Waals surface area contributed by atoms with Crippen LogP contribution in [0, 0.1) is 11.8 Å². The molecular formula is C19H37IN4O3. The van der Waals surface area contributed by atoms with Crippen LogP contribution in [0.4, 0.5) is 0 Å². The molecule has 8 heteroatoms. The van der Waals surface area contributed by atoms with Crippen molar-refractivity contribution in [3.05, 3.63) is 0 Å². The van der Waals surface area contributed by atoms with E-state index in [9.17, 15) is 0 Å². The molecule has 0 saturated carbocycles. The number of rotatable bonds is 7. The van der Waals surface area contributed by atoms with E-state index in [4.69, 9.17) is 19.2 Å². The molecule has 3 fully saturated rings. The molecule has 0 aromatic rings. The third-order valence-electron chi connectivity index (χ3n) is 5.77. The molecule has 158 valence electrons. The lowest BCUT2D eigenvalue weighted by Crippen LogP contribution is -2.49. The zero-order valence-corrected chi connectivity index (χ0v) is 19.2. The molecule has 3 aliphatic heterocycles. The van der Waals surface area contributed by atoms with Crippen molar-refractivity contribution in [1.82, 2.24) is 15.1 Å². The van der Waals surface area contributed by atoms with Gasteiger partial charge in [0.25, 0.3) is 0 Å². The van der Waals surface area contributed by atoms with Crippen LogP contribution >= 0.6 is 24.0 Å². The minimum absolute atomic E-state index is 0. The summed E-state index contributed by atoms with van der Waals surface area (Å²) in [6.07, 6.45) is 2.33. The van der Waals surface area contributed by atoms with Crippen LogP contribution in [0.3, 0.4) is 0 Å². The second-order valence-corrected chi connectivity index (χ2v) is 7.59. The third kappa shape index (κ3) is 6.69. The summed E-state index contributed by atoms with van der Waals surface area (Å²) in [5, 5.41) is 3.50. The summed E-state index contributed by atoms with van der Waals surface area (Å²) >= 11 is 0. The summed E-state index contributed by atoms with van der Waals surface area (Å²) in [6.45, 7) is 12.3. The van der Waals surface area contributed by atoms with Crippen molar-refractivity contribution in [2.45, 2.75) is 25.8 Å². The molecule has 0 amide bonds. The number of hydrogen-bond donors (Lipinski definition) is 1. The molecule has 7 nitrogen and oxygen atoms in total. The normalized spacial score (nSPS) is 28.2. The lowest BCUT2D eigenvalue weighted by molar-refractivity contribution is 0.00364. The number of aliphatic imine (C=N–C) groups is 1. The Morgan fingerprint density at radius 2 is 2.00 bits per heavy atom. The lowest BCUT2D eigenvalue weighted by Gasteiger charge is -2.37. The number of methoxy groups -OCH3 is 1. The maximum absolute atomic E-state index is 5.68. The number of ether oxygens (including phenoxy) is 3. The Labute approximate surface area is 181 Å². The zero-order chi connectivity index (χ0) is 18.2. The van der Waals surface area contributed by atoms with Gasteiger partial charge in [0.05, 0.1) is 33.0 Å². The van der Waals surface area contributed by atoms with Crippen LogP contribution in [0.5, 0.6) is 0 Å². The fourth-order valence-corrected chi connectivity index (χ4v) is 4.33. The molecule has 0 bridgehead atoms. The van der Waals surface area contributed by atoms with Crippen LogP contribution in [-0.4, -0.2) is 101 Å². The van der Waals surface area contributed by atoms with Gasteiger partial charge in [0.1, 0.15) is 0 Å². The van der Waals surface area contributed by atoms with Gasteiger partial charge >= 0.3 is 0 Å². The van der Waals surface area contributed by atoms with Gasteiger partial charge in [-0.05, 0) is 19.8 Å². The van der Waals surface area contributed by atoms with Gasteiger partial charge in [-0.3, -0.25) is 9.89 Å². The molecule has 3 saturated heterocycles. The first-order valence-electron chi connectivity index (χ1n) is 10.2. The Hall–Kier alpha value is -0.160. The zero-order valence-electron chi connectivity index (χ0n) is 16.9. The summed E-state index contributed by atoms with van der Waals surface area (Å²) in [5.41, 5.74) is 0. The average molecular weight is 496 g/mol. The monoisotopic (exact) mass is 496 g/mol. The first-order chi connectivity index (χ1) is 12.8. The number of halogens is 1. The molecule has 0 radical (unpaired) electrons. The summed E-state index contributed by atoms with van der Waals surface area (Å²) in [7, 11) is 1.79. The molecule has 27 heavy (non-hydrogen) atoms. The van der Waals surface area contributed by atoms with Crippen LogP contribution in [0.1, 0.15) is 19.8 Å². The summed E-state index contributed by atoms with van der Waals surface area (Å²) in [4.78, 5) is 10.0. The van der Waals surface area contributed by atoms with E-state index in [1.807, 2.05) is 0 Å². The van der Waals surface area contributed by atoms with E-state index in [1.165, 1.54) is 6.42 Å². The molecule has 3 unspecified atom stereocenters. The first-order valence-corrected chi connectivity index (χ1v) is 10.2. The number of morpholine rings is 1. The highest BCUT2D eigenvalue weighted by Crippen LogP contribution is 2.23. The highest BCUT2D eigenvalue weighted by molar-refractivity contribution is 14.0. The summed E-state index contributed by atoms with van der Waals surface area (Å²) in [6, 6.07) is 0.451. The summed E-state index contributed by atoms with van der Waals surface area (Å²) in [5.74, 6) is 2.25. The van der Waals surface area contributed by atoms with E-state index >= 15 is 0 Å².